The molecule has 4 heterocycles. The van der Waals surface area contributed by atoms with E-state index < -0.39 is 0 Å². The molecular formula is C47H96N4. The molecule has 2 unspecified atom stereocenters. The second-order valence-electron chi connectivity index (χ2n) is 20.6. The van der Waals surface area contributed by atoms with E-state index in [1.807, 2.05) is 0 Å². The average molecular weight is 717 g/mol. The third-order valence-electron chi connectivity index (χ3n) is 12.4. The van der Waals surface area contributed by atoms with Crippen molar-refractivity contribution in [1.82, 2.24) is 19.6 Å². The highest BCUT2D eigenvalue weighted by molar-refractivity contribution is 5.05. The highest BCUT2D eigenvalue weighted by Crippen LogP contribution is 2.34. The van der Waals surface area contributed by atoms with E-state index in [1.54, 1.807) is 0 Å². The molecular weight excluding hydrogens is 621 g/mol. The fraction of sp³-hybridized carbons (Fsp3) is 0.915. The molecule has 4 fully saturated rings. The van der Waals surface area contributed by atoms with Crippen LogP contribution in [0.5, 0.6) is 0 Å². The zero-order valence-electron chi connectivity index (χ0n) is 37.6. The molecule has 4 nitrogen and oxygen atoms in total. The molecule has 0 radical (unpaired) electrons. The van der Waals surface area contributed by atoms with Crippen molar-refractivity contribution in [3.8, 4) is 0 Å². The van der Waals surface area contributed by atoms with E-state index in [2.05, 4.69) is 157 Å². The van der Waals surface area contributed by atoms with Crippen molar-refractivity contribution in [2.24, 2.45) is 11.8 Å². The summed E-state index contributed by atoms with van der Waals surface area (Å²) in [4.78, 5) is 10.5. The van der Waals surface area contributed by atoms with E-state index >= 15 is 0 Å². The van der Waals surface area contributed by atoms with Gasteiger partial charge in [0.05, 0.1) is 0 Å². The summed E-state index contributed by atoms with van der Waals surface area (Å²) >= 11 is 0. The first kappa shape index (κ1) is 50.3. The Bertz CT molecular complexity index is 958. The van der Waals surface area contributed by atoms with E-state index in [0.717, 1.165) is 18.3 Å². The van der Waals surface area contributed by atoms with Crippen molar-refractivity contribution in [2.45, 2.75) is 243 Å². The van der Waals surface area contributed by atoms with Gasteiger partial charge >= 0.3 is 0 Å². The molecule has 0 N–H and O–H groups in total. The molecule has 0 saturated carbocycles. The minimum atomic E-state index is 0. The van der Waals surface area contributed by atoms with Crippen molar-refractivity contribution < 1.29 is 0 Å². The fourth-order valence-corrected chi connectivity index (χ4v) is 10.2. The fourth-order valence-electron chi connectivity index (χ4n) is 10.2. The highest BCUT2D eigenvalue weighted by atomic mass is 15.2. The maximum atomic E-state index is 4.14. The number of hydrogen-bond acceptors (Lipinski definition) is 4. The van der Waals surface area contributed by atoms with Gasteiger partial charge in [-0.1, -0.05) is 45.6 Å². The Labute approximate surface area is 323 Å². The number of nitrogens with zero attached hydrogens (tertiary/aromatic N) is 4. The summed E-state index contributed by atoms with van der Waals surface area (Å²) in [5.41, 5.74) is 4.36. The van der Waals surface area contributed by atoms with Gasteiger partial charge in [0.2, 0.25) is 0 Å². The third-order valence-corrected chi connectivity index (χ3v) is 12.4. The largest absolute Gasteiger partial charge is 0.296 e. The van der Waals surface area contributed by atoms with Crippen molar-refractivity contribution in [2.75, 3.05) is 26.2 Å². The molecule has 4 rings (SSSR count). The first-order chi connectivity index (χ1) is 22.7. The van der Waals surface area contributed by atoms with Crippen LogP contribution in [0.15, 0.2) is 24.3 Å². The number of likely N-dealkylation sites (tertiary alicyclic amines) is 4. The number of rotatable bonds is 4. The molecule has 0 aromatic heterocycles. The molecule has 0 aromatic carbocycles. The normalized spacial score (nSPS) is 27.3. The van der Waals surface area contributed by atoms with Crippen LogP contribution in [0.25, 0.3) is 0 Å². The monoisotopic (exact) mass is 717 g/mol. The van der Waals surface area contributed by atoms with Gasteiger partial charge in [-0.15, -0.1) is 0 Å². The Balaban J connectivity index is 0.000000650. The van der Waals surface area contributed by atoms with Crippen molar-refractivity contribution >= 4 is 0 Å². The van der Waals surface area contributed by atoms with Crippen molar-refractivity contribution in [3.05, 3.63) is 24.3 Å². The smallest absolute Gasteiger partial charge is 0.0192 e. The Morgan fingerprint density at radius 2 is 0.863 bits per heavy atom. The molecule has 4 heteroatoms. The molecule has 304 valence electrons. The van der Waals surface area contributed by atoms with Gasteiger partial charge in [0.25, 0.3) is 0 Å². The predicted octanol–water partition coefficient (Wildman–Crippen LogP) is 12.9. The maximum Gasteiger partial charge on any atom is 0.0192 e. The van der Waals surface area contributed by atoms with E-state index in [9.17, 15) is 0 Å². The van der Waals surface area contributed by atoms with Gasteiger partial charge < -0.3 is 0 Å². The van der Waals surface area contributed by atoms with Crippen LogP contribution < -0.4 is 0 Å². The first-order valence-corrected chi connectivity index (χ1v) is 21.1. The molecule has 4 saturated heterocycles. The molecule has 0 spiro atoms. The van der Waals surface area contributed by atoms with Crippen LogP contribution in [0.3, 0.4) is 0 Å². The second-order valence-corrected chi connectivity index (χ2v) is 20.6. The van der Waals surface area contributed by atoms with Crippen LogP contribution in [0.4, 0.5) is 0 Å². The third kappa shape index (κ3) is 16.7. The van der Waals surface area contributed by atoms with Gasteiger partial charge in [0.1, 0.15) is 0 Å². The van der Waals surface area contributed by atoms with Crippen molar-refractivity contribution in [3.63, 3.8) is 0 Å². The zero-order valence-corrected chi connectivity index (χ0v) is 37.6. The van der Waals surface area contributed by atoms with E-state index in [4.69, 9.17) is 0 Å². The molecule has 4 aliphatic rings. The number of hydrogen-bond donors (Lipinski definition) is 0. The predicted molar refractivity (Wildman–Crippen MR) is 233 cm³/mol. The lowest BCUT2D eigenvalue weighted by Gasteiger charge is -2.47. The molecule has 51 heavy (non-hydrogen) atoms. The lowest BCUT2D eigenvalue weighted by molar-refractivity contribution is 0.0248. The SMILES string of the molecule is C.C=C1CCCN(C(C)C)C(C)(C)C1.C=C1CCN(C(C)C)C(C)(C)CC1.CC1CCN(C(C)C)C(C)(C)C1.CC1CCN(C(C)C)C(C)(C)C1. The summed E-state index contributed by atoms with van der Waals surface area (Å²) in [5.74, 6) is 1.82. The van der Waals surface area contributed by atoms with Crippen LogP contribution in [0.2, 0.25) is 0 Å². The van der Waals surface area contributed by atoms with Gasteiger partial charge in [0, 0.05) is 52.9 Å². The molecule has 4 aliphatic heterocycles. The van der Waals surface area contributed by atoms with E-state index in [0.29, 0.717) is 46.3 Å². The Kier molecular flexibility index (Phi) is 21.1. The summed E-state index contributed by atoms with van der Waals surface area (Å²) in [6, 6.07) is 2.71. The highest BCUT2D eigenvalue weighted by Gasteiger charge is 2.35. The van der Waals surface area contributed by atoms with E-state index in [-0.39, 0.29) is 7.43 Å². The van der Waals surface area contributed by atoms with Gasteiger partial charge in [-0.05, 0) is 206 Å². The Morgan fingerprint density at radius 1 is 0.490 bits per heavy atom. The van der Waals surface area contributed by atoms with Gasteiger partial charge in [-0.2, -0.15) is 0 Å². The summed E-state index contributed by atoms with van der Waals surface area (Å²) in [5, 5.41) is 0. The number of piperidine rings is 2. The molecule has 0 bridgehead atoms. The summed E-state index contributed by atoms with van der Waals surface area (Å²) in [6.45, 7) is 55.2. The zero-order chi connectivity index (χ0) is 38.8. The summed E-state index contributed by atoms with van der Waals surface area (Å²) in [7, 11) is 0. The van der Waals surface area contributed by atoms with E-state index in [1.165, 1.54) is 95.1 Å². The summed E-state index contributed by atoms with van der Waals surface area (Å²) in [6.07, 6.45) is 12.7. The molecule has 0 amide bonds. The lowest BCUT2D eigenvalue weighted by atomic mass is 9.83. The minimum Gasteiger partial charge on any atom is -0.296 e. The first-order valence-electron chi connectivity index (χ1n) is 21.1. The van der Waals surface area contributed by atoms with Crippen molar-refractivity contribution in [1.29, 1.82) is 0 Å². The lowest BCUT2D eigenvalue weighted by Crippen LogP contribution is -2.52. The molecule has 0 aliphatic carbocycles. The van der Waals surface area contributed by atoms with Crippen LogP contribution in [-0.4, -0.2) is 92.1 Å². The molecule has 0 aromatic rings. The Hall–Kier alpha value is -0.680. The van der Waals surface area contributed by atoms with Gasteiger partial charge in [-0.25, -0.2) is 0 Å². The Morgan fingerprint density at radius 3 is 1.24 bits per heavy atom. The van der Waals surface area contributed by atoms with Crippen LogP contribution in [-0.2, 0) is 0 Å². The summed E-state index contributed by atoms with van der Waals surface area (Å²) < 4.78 is 0. The van der Waals surface area contributed by atoms with Gasteiger partial charge in [-0.3, -0.25) is 19.6 Å². The maximum absolute atomic E-state index is 4.14. The quantitative estimate of drug-likeness (QED) is 0.269. The minimum absolute atomic E-state index is 0. The topological polar surface area (TPSA) is 13.0 Å². The van der Waals surface area contributed by atoms with Crippen LogP contribution in [0.1, 0.15) is 196 Å². The van der Waals surface area contributed by atoms with Crippen LogP contribution in [0, 0.1) is 11.8 Å². The van der Waals surface area contributed by atoms with Gasteiger partial charge in [0.15, 0.2) is 0 Å². The van der Waals surface area contributed by atoms with Crippen LogP contribution >= 0.6 is 0 Å². The average Bonchev–Trinajstić information content (AvgIpc) is 3.16. The standard InChI is InChI=1S/2C12H23N.2C11H23N.CH4/c1-10(2)13-9-7-11(3)6-8-12(13,4)5;1-10(2)13-8-6-7-11(3)9-12(13,4)5;2*1-9(2)12-7-6-10(3)8-11(12,4)5;/h2*10H,3,6-9H2,1-2,4-5H3;2*9-10H,6-8H2,1-5H3;1H4. The molecule has 2 atom stereocenters. The second kappa shape index (κ2) is 21.4.